The zero-order chi connectivity index (χ0) is 29.1. The summed E-state index contributed by atoms with van der Waals surface area (Å²) in [7, 11) is 0. The van der Waals surface area contributed by atoms with Gasteiger partial charge in [-0.3, -0.25) is 9.78 Å². The van der Waals surface area contributed by atoms with Crippen LogP contribution in [0.15, 0.2) is 67.0 Å². The number of carbonyl (C=O) groups is 2. The normalized spacial score (nSPS) is 14.4. The number of alkyl halides is 6. The van der Waals surface area contributed by atoms with Gasteiger partial charge in [-0.25, -0.2) is 4.79 Å². The second-order valence-electron chi connectivity index (χ2n) is 9.07. The molecule has 0 radical (unpaired) electrons. The van der Waals surface area contributed by atoms with Crippen molar-refractivity contribution < 1.29 is 35.9 Å². The summed E-state index contributed by atoms with van der Waals surface area (Å²) in [6.07, 6.45) is -7.03. The van der Waals surface area contributed by atoms with E-state index in [0.717, 1.165) is 5.69 Å². The predicted octanol–water partition coefficient (Wildman–Crippen LogP) is 5.73. The maximum Gasteiger partial charge on any atom is 0.416 e. The van der Waals surface area contributed by atoms with Crippen molar-refractivity contribution >= 4 is 29.0 Å². The number of pyridine rings is 1. The summed E-state index contributed by atoms with van der Waals surface area (Å²) in [5.74, 6) is -0.510. The maximum atomic E-state index is 13.8. The molecule has 1 aliphatic heterocycles. The lowest BCUT2D eigenvalue weighted by Crippen LogP contribution is -2.54. The van der Waals surface area contributed by atoms with Crippen LogP contribution >= 0.6 is 0 Å². The van der Waals surface area contributed by atoms with E-state index in [1.165, 1.54) is 11.1 Å². The molecule has 0 saturated carbocycles. The summed E-state index contributed by atoms with van der Waals surface area (Å²) in [4.78, 5) is 34.3. The molecule has 0 saturated heterocycles. The molecule has 1 aliphatic rings. The molecule has 212 valence electrons. The summed E-state index contributed by atoms with van der Waals surface area (Å²) in [5, 5.41) is 4.48. The molecule has 13 heteroatoms. The topological polar surface area (TPSA) is 77.6 Å². The highest BCUT2D eigenvalue weighted by Gasteiger charge is 2.37. The monoisotopic (exact) mass is 565 g/mol. The van der Waals surface area contributed by atoms with E-state index < -0.39 is 47.1 Å². The average Bonchev–Trinajstić information content (AvgIpc) is 2.91. The number of nitrogens with zero attached hydrogens (tertiary/aromatic N) is 3. The largest absolute Gasteiger partial charge is 0.416 e. The highest BCUT2D eigenvalue weighted by atomic mass is 19.4. The maximum absolute atomic E-state index is 13.8. The number of halogens is 6. The molecule has 1 aromatic heterocycles. The minimum absolute atomic E-state index is 0.0209. The number of nitrogens with one attached hydrogen (secondary N) is 2. The molecule has 0 unspecified atom stereocenters. The number of hydrogen-bond donors (Lipinski definition) is 2. The molecule has 0 fully saturated rings. The van der Waals surface area contributed by atoms with Gasteiger partial charge in [-0.2, -0.15) is 26.3 Å². The Kier molecular flexibility index (Phi) is 8.21. The van der Waals surface area contributed by atoms with Crippen LogP contribution in [0.3, 0.4) is 0 Å². The fourth-order valence-electron chi connectivity index (χ4n) is 4.46. The Morgan fingerprint density at radius 3 is 2.17 bits per heavy atom. The number of likely N-dealkylation sites (N-methyl/N-ethyl adjacent to an activating group) is 1. The molecule has 1 atom stereocenters. The van der Waals surface area contributed by atoms with Gasteiger partial charge in [0, 0.05) is 37.9 Å². The molecule has 4 rings (SSSR count). The number of fused-ring (bicyclic) bond motifs is 1. The van der Waals surface area contributed by atoms with Crippen molar-refractivity contribution in [1.29, 1.82) is 0 Å². The lowest BCUT2D eigenvalue weighted by atomic mass is 10.0. The molecule has 2 N–H and O–H groups in total. The Labute approximate surface area is 225 Å². The lowest BCUT2D eigenvalue weighted by molar-refractivity contribution is -0.143. The summed E-state index contributed by atoms with van der Waals surface area (Å²) in [5.41, 5.74) is -1.91. The molecule has 3 amide bonds. The van der Waals surface area contributed by atoms with Crippen molar-refractivity contribution in [3.8, 4) is 0 Å². The van der Waals surface area contributed by atoms with Gasteiger partial charge >= 0.3 is 18.4 Å². The Balaban J connectivity index is 1.62. The average molecular weight is 566 g/mol. The predicted molar refractivity (Wildman–Crippen MR) is 137 cm³/mol. The fourth-order valence-corrected chi connectivity index (χ4v) is 4.46. The van der Waals surface area contributed by atoms with Gasteiger partial charge in [0.05, 0.1) is 28.7 Å². The van der Waals surface area contributed by atoms with E-state index in [1.54, 1.807) is 42.6 Å². The molecule has 7 nitrogen and oxygen atoms in total. The van der Waals surface area contributed by atoms with Gasteiger partial charge in [0.25, 0.3) is 0 Å². The number of benzene rings is 2. The molecule has 40 heavy (non-hydrogen) atoms. The van der Waals surface area contributed by atoms with Crippen molar-refractivity contribution in [2.75, 3.05) is 34.8 Å². The number of rotatable bonds is 6. The van der Waals surface area contributed by atoms with Gasteiger partial charge < -0.3 is 20.4 Å². The van der Waals surface area contributed by atoms with Gasteiger partial charge in [-0.1, -0.05) is 30.3 Å². The second kappa shape index (κ2) is 11.4. The van der Waals surface area contributed by atoms with Gasteiger partial charge in [-0.05, 0) is 36.8 Å². The lowest BCUT2D eigenvalue weighted by Gasteiger charge is -2.38. The molecule has 0 aliphatic carbocycles. The second-order valence-corrected chi connectivity index (χ2v) is 9.07. The Bertz CT molecular complexity index is 1330. The van der Waals surface area contributed by atoms with Crippen LogP contribution in [-0.4, -0.2) is 42.6 Å². The van der Waals surface area contributed by atoms with Gasteiger partial charge in [0.15, 0.2) is 0 Å². The van der Waals surface area contributed by atoms with E-state index in [2.05, 4.69) is 15.2 Å². The first kappa shape index (κ1) is 28.7. The zero-order valence-electron chi connectivity index (χ0n) is 21.2. The SMILES string of the molecule is CCN1CCN(C(=O)[C@H](Cc2ccccc2)NC(=O)Nc2cc(C(F)(F)F)cc(C(F)(F)F)c2)c2cnccc21. The first-order valence-electron chi connectivity index (χ1n) is 12.3. The molecule has 2 aromatic carbocycles. The highest BCUT2D eigenvalue weighted by molar-refractivity contribution is 6.03. The van der Waals surface area contributed by atoms with Gasteiger partial charge in [-0.15, -0.1) is 0 Å². The van der Waals surface area contributed by atoms with E-state index >= 15 is 0 Å². The Morgan fingerprint density at radius 1 is 0.925 bits per heavy atom. The minimum atomic E-state index is -5.08. The van der Waals surface area contributed by atoms with Crippen molar-refractivity contribution in [1.82, 2.24) is 10.3 Å². The minimum Gasteiger partial charge on any atom is -0.368 e. The quantitative estimate of drug-likeness (QED) is 0.375. The fraction of sp³-hybridized carbons (Fsp3) is 0.296. The Morgan fingerprint density at radius 2 is 1.57 bits per heavy atom. The molecule has 2 heterocycles. The molecule has 0 spiro atoms. The third kappa shape index (κ3) is 6.64. The van der Waals surface area contributed by atoms with Crippen LogP contribution in [-0.2, 0) is 23.6 Å². The number of aromatic nitrogens is 1. The van der Waals surface area contributed by atoms with Crippen LogP contribution in [0.5, 0.6) is 0 Å². The summed E-state index contributed by atoms with van der Waals surface area (Å²) < 4.78 is 79.5. The van der Waals surface area contributed by atoms with Crippen LogP contribution in [0, 0.1) is 0 Å². The third-order valence-corrected chi connectivity index (χ3v) is 6.38. The summed E-state index contributed by atoms with van der Waals surface area (Å²) >= 11 is 0. The first-order valence-corrected chi connectivity index (χ1v) is 12.3. The molecular weight excluding hydrogens is 540 g/mol. The number of urea groups is 1. The molecular formula is C27H25F6N5O2. The van der Waals surface area contributed by atoms with Gasteiger partial charge in [0.1, 0.15) is 6.04 Å². The number of anilines is 3. The smallest absolute Gasteiger partial charge is 0.368 e. The van der Waals surface area contributed by atoms with Crippen LogP contribution in [0.4, 0.5) is 48.2 Å². The van der Waals surface area contributed by atoms with Crippen LogP contribution in [0.25, 0.3) is 0 Å². The summed E-state index contributed by atoms with van der Waals surface area (Å²) in [6, 6.07) is 8.87. The van der Waals surface area contributed by atoms with Crippen LogP contribution in [0.2, 0.25) is 0 Å². The van der Waals surface area contributed by atoms with E-state index in [-0.39, 0.29) is 19.0 Å². The summed E-state index contributed by atoms with van der Waals surface area (Å²) in [6.45, 7) is 3.43. The van der Waals surface area contributed by atoms with Crippen molar-refractivity contribution in [3.63, 3.8) is 0 Å². The van der Waals surface area contributed by atoms with Gasteiger partial charge in [0.2, 0.25) is 5.91 Å². The van der Waals surface area contributed by atoms with Crippen molar-refractivity contribution in [2.24, 2.45) is 0 Å². The molecule has 0 bridgehead atoms. The first-order chi connectivity index (χ1) is 18.9. The highest BCUT2D eigenvalue weighted by Crippen LogP contribution is 2.37. The van der Waals surface area contributed by atoms with Crippen molar-refractivity contribution in [3.05, 3.63) is 83.7 Å². The van der Waals surface area contributed by atoms with E-state index in [1.807, 2.05) is 12.2 Å². The van der Waals surface area contributed by atoms with Crippen LogP contribution < -0.4 is 20.4 Å². The van der Waals surface area contributed by atoms with Crippen LogP contribution in [0.1, 0.15) is 23.6 Å². The van der Waals surface area contributed by atoms with Crippen molar-refractivity contribution in [2.45, 2.75) is 31.7 Å². The zero-order valence-corrected chi connectivity index (χ0v) is 21.2. The molecule has 3 aromatic rings. The number of carbonyl (C=O) groups excluding carboxylic acids is 2. The number of hydrogen-bond acceptors (Lipinski definition) is 4. The van der Waals surface area contributed by atoms with E-state index in [4.69, 9.17) is 0 Å². The van der Waals surface area contributed by atoms with E-state index in [0.29, 0.717) is 36.5 Å². The Hall–Kier alpha value is -4.29. The third-order valence-electron chi connectivity index (χ3n) is 6.38. The standard InChI is InChI=1S/C27H25F6N5O2/c1-2-37-10-11-38(23-16-34-9-8-22(23)37)24(39)21(12-17-6-4-3-5-7-17)36-25(40)35-20-14-18(26(28,29)30)13-19(15-20)27(31,32)33/h3-9,13-16,21H,2,10-12H2,1H3,(H2,35,36,40)/t21-/m0/s1. The number of amides is 3. The van der Waals surface area contributed by atoms with E-state index in [9.17, 15) is 35.9 Å².